The van der Waals surface area contributed by atoms with Crippen molar-refractivity contribution in [1.82, 2.24) is 5.32 Å². The number of hydrogen-bond acceptors (Lipinski definition) is 4. The predicted octanol–water partition coefficient (Wildman–Crippen LogP) is 2.37. The zero-order chi connectivity index (χ0) is 14.3. The van der Waals surface area contributed by atoms with Gasteiger partial charge in [0.2, 0.25) is 0 Å². The van der Waals surface area contributed by atoms with Crippen LogP contribution in [0.3, 0.4) is 0 Å². The van der Waals surface area contributed by atoms with Crippen molar-refractivity contribution in [1.29, 1.82) is 0 Å². The first-order chi connectivity index (χ1) is 9.79. The summed E-state index contributed by atoms with van der Waals surface area (Å²) in [4.78, 5) is 0. The summed E-state index contributed by atoms with van der Waals surface area (Å²) in [6.07, 6.45) is 7.40. The Morgan fingerprint density at radius 3 is 2.85 bits per heavy atom. The highest BCUT2D eigenvalue weighted by Gasteiger charge is 2.44. The normalized spacial score (nSPS) is 26.4. The lowest BCUT2D eigenvalue weighted by molar-refractivity contribution is -0.149. The van der Waals surface area contributed by atoms with E-state index in [9.17, 15) is 0 Å². The molecule has 0 radical (unpaired) electrons. The van der Waals surface area contributed by atoms with Gasteiger partial charge in [-0.05, 0) is 51.0 Å². The Hall–Kier alpha value is -0.160. The molecule has 0 aromatic rings. The summed E-state index contributed by atoms with van der Waals surface area (Å²) in [6, 6.07) is 0.466. The van der Waals surface area contributed by atoms with Gasteiger partial charge < -0.3 is 19.5 Å². The van der Waals surface area contributed by atoms with Crippen LogP contribution in [0.1, 0.15) is 45.4 Å². The summed E-state index contributed by atoms with van der Waals surface area (Å²) >= 11 is 0. The van der Waals surface area contributed by atoms with Crippen LogP contribution in [0, 0.1) is 5.92 Å². The summed E-state index contributed by atoms with van der Waals surface area (Å²) in [7, 11) is 1.72. The summed E-state index contributed by atoms with van der Waals surface area (Å²) in [6.45, 7) is 6.38. The largest absolute Gasteiger partial charge is 0.382 e. The van der Waals surface area contributed by atoms with E-state index in [0.717, 1.165) is 26.2 Å². The van der Waals surface area contributed by atoms with Crippen molar-refractivity contribution < 1.29 is 14.2 Å². The van der Waals surface area contributed by atoms with Gasteiger partial charge in [-0.2, -0.15) is 0 Å². The van der Waals surface area contributed by atoms with Crippen molar-refractivity contribution in [3.05, 3.63) is 0 Å². The van der Waals surface area contributed by atoms with E-state index in [1.54, 1.807) is 7.11 Å². The van der Waals surface area contributed by atoms with E-state index in [0.29, 0.717) is 25.2 Å². The van der Waals surface area contributed by atoms with Crippen LogP contribution in [-0.2, 0) is 14.2 Å². The minimum absolute atomic E-state index is 0.224. The van der Waals surface area contributed by atoms with E-state index >= 15 is 0 Å². The molecule has 20 heavy (non-hydrogen) atoms. The molecular weight excluding hydrogens is 254 g/mol. The van der Waals surface area contributed by atoms with Crippen LogP contribution in [0.2, 0.25) is 0 Å². The van der Waals surface area contributed by atoms with Crippen LogP contribution in [0.4, 0.5) is 0 Å². The molecule has 0 aromatic carbocycles. The first-order valence-corrected chi connectivity index (χ1v) is 8.24. The molecule has 2 rings (SSSR count). The van der Waals surface area contributed by atoms with E-state index in [2.05, 4.69) is 12.2 Å². The molecule has 2 aliphatic rings. The monoisotopic (exact) mass is 285 g/mol. The Morgan fingerprint density at radius 1 is 1.35 bits per heavy atom. The van der Waals surface area contributed by atoms with E-state index in [-0.39, 0.29) is 5.60 Å². The highest BCUT2D eigenvalue weighted by atomic mass is 16.5. The second-order valence-electron chi connectivity index (χ2n) is 6.27. The lowest BCUT2D eigenvalue weighted by Gasteiger charge is -2.48. The molecule has 2 unspecified atom stereocenters. The first-order valence-electron chi connectivity index (χ1n) is 8.24. The lowest BCUT2D eigenvalue weighted by Crippen LogP contribution is -2.51. The fourth-order valence-electron chi connectivity index (χ4n) is 3.37. The van der Waals surface area contributed by atoms with Crippen LogP contribution >= 0.6 is 0 Å². The molecule has 1 saturated heterocycles. The molecule has 1 heterocycles. The van der Waals surface area contributed by atoms with Crippen LogP contribution in [0.15, 0.2) is 0 Å². The van der Waals surface area contributed by atoms with Gasteiger partial charge in [-0.3, -0.25) is 0 Å². The van der Waals surface area contributed by atoms with Crippen molar-refractivity contribution in [2.75, 3.05) is 40.1 Å². The van der Waals surface area contributed by atoms with Gasteiger partial charge in [0.05, 0.1) is 25.4 Å². The predicted molar refractivity (Wildman–Crippen MR) is 80.0 cm³/mol. The van der Waals surface area contributed by atoms with E-state index in [4.69, 9.17) is 14.2 Å². The van der Waals surface area contributed by atoms with E-state index in [1.807, 2.05) is 0 Å². The van der Waals surface area contributed by atoms with Crippen molar-refractivity contribution in [3.8, 4) is 0 Å². The highest BCUT2D eigenvalue weighted by molar-refractivity contribution is 4.96. The molecule has 1 N–H and O–H groups in total. The van der Waals surface area contributed by atoms with Crippen molar-refractivity contribution in [3.63, 3.8) is 0 Å². The minimum atomic E-state index is 0.224. The van der Waals surface area contributed by atoms with Gasteiger partial charge in [-0.25, -0.2) is 0 Å². The third-order valence-corrected chi connectivity index (χ3v) is 4.75. The van der Waals surface area contributed by atoms with Crippen LogP contribution < -0.4 is 5.32 Å². The topological polar surface area (TPSA) is 39.7 Å². The molecule has 4 nitrogen and oxygen atoms in total. The third kappa shape index (κ3) is 4.42. The van der Waals surface area contributed by atoms with E-state index < -0.39 is 0 Å². The molecule has 0 amide bonds. The smallest absolute Gasteiger partial charge is 0.0701 e. The highest BCUT2D eigenvalue weighted by Crippen LogP contribution is 2.44. The molecule has 0 aromatic heterocycles. The van der Waals surface area contributed by atoms with Crippen LogP contribution in [0.5, 0.6) is 0 Å². The Labute approximate surface area is 123 Å². The fraction of sp³-hybridized carbons (Fsp3) is 1.00. The van der Waals surface area contributed by atoms with Gasteiger partial charge in [0.15, 0.2) is 0 Å². The molecular formula is C16H31NO3. The maximum absolute atomic E-state index is 6.04. The van der Waals surface area contributed by atoms with Gasteiger partial charge in [0, 0.05) is 19.8 Å². The SMILES string of the molecule is CCCNC(COCCOC)C1CCOC2(CCC2)C1. The summed E-state index contributed by atoms with van der Waals surface area (Å²) in [5.41, 5.74) is 0.224. The first kappa shape index (κ1) is 16.2. The van der Waals surface area contributed by atoms with Crippen molar-refractivity contribution in [2.45, 2.75) is 57.1 Å². The maximum Gasteiger partial charge on any atom is 0.0701 e. The quantitative estimate of drug-likeness (QED) is 0.660. The van der Waals surface area contributed by atoms with Crippen molar-refractivity contribution in [2.24, 2.45) is 5.92 Å². The van der Waals surface area contributed by atoms with Gasteiger partial charge in [0.25, 0.3) is 0 Å². The molecule has 1 aliphatic heterocycles. The zero-order valence-corrected chi connectivity index (χ0v) is 13.2. The number of methoxy groups -OCH3 is 1. The second kappa shape index (κ2) is 8.32. The Kier molecular flexibility index (Phi) is 6.75. The molecule has 2 fully saturated rings. The zero-order valence-electron chi connectivity index (χ0n) is 13.2. The summed E-state index contributed by atoms with van der Waals surface area (Å²) in [5.74, 6) is 0.693. The average Bonchev–Trinajstić information content (AvgIpc) is 2.45. The van der Waals surface area contributed by atoms with E-state index in [1.165, 1.54) is 32.1 Å². The molecule has 118 valence electrons. The summed E-state index contributed by atoms with van der Waals surface area (Å²) < 4.78 is 16.9. The summed E-state index contributed by atoms with van der Waals surface area (Å²) in [5, 5.41) is 3.68. The Bertz CT molecular complexity index is 268. The average molecular weight is 285 g/mol. The number of rotatable bonds is 9. The molecule has 2 atom stereocenters. The van der Waals surface area contributed by atoms with Crippen LogP contribution in [0.25, 0.3) is 0 Å². The lowest BCUT2D eigenvalue weighted by atomic mass is 9.70. The molecule has 1 saturated carbocycles. The maximum atomic E-state index is 6.04. The Morgan fingerprint density at radius 2 is 2.20 bits per heavy atom. The molecule has 0 bridgehead atoms. The van der Waals surface area contributed by atoms with Crippen molar-refractivity contribution >= 4 is 0 Å². The third-order valence-electron chi connectivity index (χ3n) is 4.75. The number of nitrogens with one attached hydrogen (secondary N) is 1. The van der Waals surface area contributed by atoms with Gasteiger partial charge in [-0.15, -0.1) is 0 Å². The minimum Gasteiger partial charge on any atom is -0.382 e. The molecule has 4 heteroatoms. The van der Waals surface area contributed by atoms with Gasteiger partial charge >= 0.3 is 0 Å². The second-order valence-corrected chi connectivity index (χ2v) is 6.27. The molecule has 1 spiro atoms. The Balaban J connectivity index is 1.80. The fourth-order valence-corrected chi connectivity index (χ4v) is 3.37. The number of ether oxygens (including phenoxy) is 3. The molecule has 1 aliphatic carbocycles. The number of hydrogen-bond donors (Lipinski definition) is 1. The van der Waals surface area contributed by atoms with Gasteiger partial charge in [0.1, 0.15) is 0 Å². The van der Waals surface area contributed by atoms with Crippen LogP contribution in [-0.4, -0.2) is 51.7 Å². The standard InChI is InChI=1S/C16H31NO3/c1-3-8-17-15(13-19-11-10-18-2)14-5-9-20-16(12-14)6-4-7-16/h14-15,17H,3-13H2,1-2H3. The van der Waals surface area contributed by atoms with Gasteiger partial charge in [-0.1, -0.05) is 6.92 Å².